The number of nitrogens with zero attached hydrogens (tertiary/aromatic N) is 1. The lowest BCUT2D eigenvalue weighted by molar-refractivity contribution is -0.133. The van der Waals surface area contributed by atoms with Gasteiger partial charge in [-0.3, -0.25) is 9.59 Å². The smallest absolute Gasteiger partial charge is 0.251 e. The van der Waals surface area contributed by atoms with Gasteiger partial charge in [0.1, 0.15) is 0 Å². The first kappa shape index (κ1) is 18.9. The third-order valence-electron chi connectivity index (χ3n) is 5.11. The van der Waals surface area contributed by atoms with Gasteiger partial charge < -0.3 is 10.2 Å². The first-order chi connectivity index (χ1) is 13.6. The van der Waals surface area contributed by atoms with E-state index >= 15 is 0 Å². The molecule has 1 aromatic carbocycles. The maximum atomic E-state index is 13.0. The maximum absolute atomic E-state index is 13.0. The van der Waals surface area contributed by atoms with E-state index in [2.05, 4.69) is 28.2 Å². The predicted molar refractivity (Wildman–Crippen MR) is 114 cm³/mol. The highest BCUT2D eigenvalue weighted by Crippen LogP contribution is 2.39. The topological polar surface area (TPSA) is 49.4 Å². The first-order valence-corrected chi connectivity index (χ1v) is 11.1. The molecule has 0 fully saturated rings. The summed E-state index contributed by atoms with van der Waals surface area (Å²) < 4.78 is 0. The Balaban J connectivity index is 1.43. The number of hydrogen-bond acceptors (Lipinski definition) is 4. The van der Waals surface area contributed by atoms with E-state index in [9.17, 15) is 9.59 Å². The Kier molecular flexibility index (Phi) is 5.59. The van der Waals surface area contributed by atoms with E-state index in [0.29, 0.717) is 18.5 Å². The predicted octanol–water partition coefficient (Wildman–Crippen LogP) is 4.41. The molecule has 6 heteroatoms. The molecule has 1 aliphatic rings. The van der Waals surface area contributed by atoms with E-state index in [4.69, 9.17) is 0 Å². The zero-order valence-corrected chi connectivity index (χ0v) is 17.3. The molecule has 3 heterocycles. The van der Waals surface area contributed by atoms with Crippen molar-refractivity contribution in [3.8, 4) is 0 Å². The number of nitrogens with one attached hydrogen (secondary N) is 1. The van der Waals surface area contributed by atoms with Gasteiger partial charge in [-0.05, 0) is 53.4 Å². The monoisotopic (exact) mass is 410 g/mol. The summed E-state index contributed by atoms with van der Waals surface area (Å²) in [5.41, 5.74) is 2.84. The molecule has 1 N–H and O–H groups in total. The molecule has 4 rings (SSSR count). The Labute approximate surface area is 172 Å². The van der Waals surface area contributed by atoms with E-state index in [1.165, 1.54) is 15.3 Å². The molecule has 1 atom stereocenters. The zero-order chi connectivity index (χ0) is 19.5. The summed E-state index contributed by atoms with van der Waals surface area (Å²) in [6.07, 6.45) is 1.20. The van der Waals surface area contributed by atoms with Crippen LogP contribution in [-0.2, 0) is 11.2 Å². The Bertz CT molecular complexity index is 978. The molecule has 1 aliphatic heterocycles. The van der Waals surface area contributed by atoms with Crippen LogP contribution in [0.1, 0.15) is 43.7 Å². The fourth-order valence-electron chi connectivity index (χ4n) is 3.69. The number of benzene rings is 1. The largest absolute Gasteiger partial charge is 0.352 e. The minimum absolute atomic E-state index is 0.00503. The van der Waals surface area contributed by atoms with Crippen LogP contribution in [0.4, 0.5) is 0 Å². The molecule has 3 aromatic rings. The Hall–Kier alpha value is -2.44. The molecule has 2 aromatic heterocycles. The van der Waals surface area contributed by atoms with Crippen LogP contribution in [-0.4, -0.2) is 29.8 Å². The number of amides is 2. The summed E-state index contributed by atoms with van der Waals surface area (Å²) in [6, 6.07) is 13.8. The summed E-state index contributed by atoms with van der Waals surface area (Å²) in [4.78, 5) is 29.9. The quantitative estimate of drug-likeness (QED) is 0.677. The standard InChI is InChI=1S/C22H22N2O2S2/c1-15-5-2-3-6-16(15)22(26)23-11-8-20(25)24-12-9-18-17(10-14-28-18)21(24)19-7-4-13-27-19/h2-7,10,13-14,21H,8-9,11-12H2,1H3,(H,23,26)/t21-/m1/s1. The molecular formula is C22H22N2O2S2. The van der Waals surface area contributed by atoms with Crippen LogP contribution in [0.2, 0.25) is 0 Å². The van der Waals surface area contributed by atoms with Crippen molar-refractivity contribution >= 4 is 34.5 Å². The van der Waals surface area contributed by atoms with Crippen molar-refractivity contribution in [3.63, 3.8) is 0 Å². The molecule has 0 radical (unpaired) electrons. The number of fused-ring (bicyclic) bond motifs is 1. The van der Waals surface area contributed by atoms with Crippen molar-refractivity contribution in [3.05, 3.63) is 79.7 Å². The Morgan fingerprint density at radius 3 is 2.75 bits per heavy atom. The highest BCUT2D eigenvalue weighted by molar-refractivity contribution is 7.10. The van der Waals surface area contributed by atoms with Crippen molar-refractivity contribution in [2.75, 3.05) is 13.1 Å². The molecule has 144 valence electrons. The van der Waals surface area contributed by atoms with Crippen molar-refractivity contribution in [1.82, 2.24) is 10.2 Å². The Morgan fingerprint density at radius 2 is 1.96 bits per heavy atom. The second-order valence-corrected chi connectivity index (χ2v) is 8.85. The molecule has 0 saturated heterocycles. The van der Waals surface area contributed by atoms with Crippen LogP contribution in [0.25, 0.3) is 0 Å². The number of thiophene rings is 2. The van der Waals surface area contributed by atoms with E-state index in [0.717, 1.165) is 18.5 Å². The molecule has 0 bridgehead atoms. The molecule has 4 nitrogen and oxygen atoms in total. The second-order valence-electron chi connectivity index (χ2n) is 6.88. The van der Waals surface area contributed by atoms with Crippen molar-refractivity contribution in [2.45, 2.75) is 25.8 Å². The van der Waals surface area contributed by atoms with Gasteiger partial charge in [-0.2, -0.15) is 0 Å². The van der Waals surface area contributed by atoms with Crippen LogP contribution in [0, 0.1) is 6.92 Å². The van der Waals surface area contributed by atoms with Crippen molar-refractivity contribution in [2.24, 2.45) is 0 Å². The number of carbonyl (C=O) groups is 2. The highest BCUT2D eigenvalue weighted by Gasteiger charge is 2.33. The number of aryl methyl sites for hydroxylation is 1. The van der Waals surface area contributed by atoms with Gasteiger partial charge in [-0.25, -0.2) is 0 Å². The number of carbonyl (C=O) groups excluding carboxylic acids is 2. The lowest BCUT2D eigenvalue weighted by atomic mass is 9.98. The van der Waals surface area contributed by atoms with E-state index in [1.807, 2.05) is 42.2 Å². The number of hydrogen-bond donors (Lipinski definition) is 1. The van der Waals surface area contributed by atoms with Crippen molar-refractivity contribution in [1.29, 1.82) is 0 Å². The third-order valence-corrected chi connectivity index (χ3v) is 7.03. The zero-order valence-electron chi connectivity index (χ0n) is 15.7. The SMILES string of the molecule is Cc1ccccc1C(=O)NCCC(=O)N1CCc2sccc2[C@@H]1c1cccs1. The van der Waals surface area contributed by atoms with Crippen LogP contribution >= 0.6 is 22.7 Å². The molecule has 0 saturated carbocycles. The van der Waals surface area contributed by atoms with Gasteiger partial charge in [-0.1, -0.05) is 24.3 Å². The fourth-order valence-corrected chi connectivity index (χ4v) is 5.45. The lowest BCUT2D eigenvalue weighted by Crippen LogP contribution is -2.41. The van der Waals surface area contributed by atoms with Crippen LogP contribution in [0.5, 0.6) is 0 Å². The average Bonchev–Trinajstić information content (AvgIpc) is 3.39. The van der Waals surface area contributed by atoms with Crippen LogP contribution < -0.4 is 5.32 Å². The summed E-state index contributed by atoms with van der Waals surface area (Å²) in [5, 5.41) is 7.06. The molecule has 0 aliphatic carbocycles. The van der Waals surface area contributed by atoms with Gasteiger partial charge in [0.25, 0.3) is 5.91 Å². The third kappa shape index (κ3) is 3.75. The van der Waals surface area contributed by atoms with E-state index < -0.39 is 0 Å². The van der Waals surface area contributed by atoms with Gasteiger partial charge >= 0.3 is 0 Å². The van der Waals surface area contributed by atoms with E-state index in [-0.39, 0.29) is 17.9 Å². The first-order valence-electron chi connectivity index (χ1n) is 9.38. The maximum Gasteiger partial charge on any atom is 0.251 e. The van der Waals surface area contributed by atoms with Gasteiger partial charge in [-0.15, -0.1) is 22.7 Å². The highest BCUT2D eigenvalue weighted by atomic mass is 32.1. The van der Waals surface area contributed by atoms with Gasteiger partial charge in [0.05, 0.1) is 6.04 Å². The summed E-state index contributed by atoms with van der Waals surface area (Å²) in [7, 11) is 0. The summed E-state index contributed by atoms with van der Waals surface area (Å²) in [6.45, 7) is 2.98. The Morgan fingerprint density at radius 1 is 1.11 bits per heavy atom. The second kappa shape index (κ2) is 8.29. The lowest BCUT2D eigenvalue weighted by Gasteiger charge is -2.35. The molecule has 0 unspecified atom stereocenters. The average molecular weight is 411 g/mol. The minimum Gasteiger partial charge on any atom is -0.352 e. The molecule has 0 spiro atoms. The van der Waals surface area contributed by atoms with Crippen molar-refractivity contribution < 1.29 is 9.59 Å². The van der Waals surface area contributed by atoms with Gasteiger partial charge in [0.15, 0.2) is 0 Å². The molecule has 2 amide bonds. The fraction of sp³-hybridized carbons (Fsp3) is 0.273. The summed E-state index contributed by atoms with van der Waals surface area (Å²) >= 11 is 3.46. The minimum atomic E-state index is -0.125. The number of rotatable bonds is 5. The van der Waals surface area contributed by atoms with Crippen LogP contribution in [0.15, 0.2) is 53.2 Å². The molecule has 28 heavy (non-hydrogen) atoms. The van der Waals surface area contributed by atoms with Gasteiger partial charge in [0.2, 0.25) is 5.91 Å². The van der Waals surface area contributed by atoms with Crippen LogP contribution in [0.3, 0.4) is 0 Å². The van der Waals surface area contributed by atoms with E-state index in [1.54, 1.807) is 22.7 Å². The molecular weight excluding hydrogens is 388 g/mol. The normalized spacial score (nSPS) is 15.9. The summed E-state index contributed by atoms with van der Waals surface area (Å²) in [5.74, 6) is -0.0418. The van der Waals surface area contributed by atoms with Gasteiger partial charge in [0, 0.05) is 34.8 Å².